The number of rotatable bonds is 5. The van der Waals surface area contributed by atoms with Crippen LogP contribution in [0, 0.1) is 0 Å². The minimum Gasteiger partial charge on any atom is -0.493 e. The Kier molecular flexibility index (Phi) is 5.13. The Bertz CT molecular complexity index is 627. The second kappa shape index (κ2) is 6.87. The highest BCUT2D eigenvalue weighted by molar-refractivity contribution is 8.18. The molecular weight excluding hydrogens is 302 g/mol. The summed E-state index contributed by atoms with van der Waals surface area (Å²) in [6.45, 7) is 3.81. The first kappa shape index (κ1) is 16.4. The molecule has 2 amide bonds. The van der Waals surface area contributed by atoms with Crippen molar-refractivity contribution < 1.29 is 19.1 Å². The van der Waals surface area contributed by atoms with Crippen LogP contribution in [0.1, 0.15) is 25.8 Å². The van der Waals surface area contributed by atoms with Gasteiger partial charge in [-0.15, -0.1) is 0 Å². The van der Waals surface area contributed by atoms with Crippen molar-refractivity contribution in [3.63, 3.8) is 0 Å². The monoisotopic (exact) mass is 321 g/mol. The molecule has 0 N–H and O–H groups in total. The number of methoxy groups -OCH3 is 2. The van der Waals surface area contributed by atoms with Gasteiger partial charge in [-0.3, -0.25) is 14.5 Å². The van der Waals surface area contributed by atoms with E-state index in [9.17, 15) is 9.59 Å². The molecule has 0 spiro atoms. The fraction of sp³-hybridized carbons (Fsp3) is 0.375. The number of thioether (sulfide) groups is 1. The maximum absolute atomic E-state index is 12.4. The average Bonchev–Trinajstić information content (AvgIpc) is 2.80. The Morgan fingerprint density at radius 3 is 2.59 bits per heavy atom. The van der Waals surface area contributed by atoms with E-state index in [1.54, 1.807) is 26.4 Å². The van der Waals surface area contributed by atoms with Gasteiger partial charge in [0.2, 0.25) is 0 Å². The van der Waals surface area contributed by atoms with Crippen LogP contribution >= 0.6 is 11.8 Å². The minimum absolute atomic E-state index is 0.106. The van der Waals surface area contributed by atoms with Crippen molar-refractivity contribution in [1.29, 1.82) is 0 Å². The summed E-state index contributed by atoms with van der Waals surface area (Å²) in [6, 6.07) is 5.30. The molecule has 0 aromatic heterocycles. The summed E-state index contributed by atoms with van der Waals surface area (Å²) < 4.78 is 10.6. The number of amides is 2. The molecule has 1 aliphatic heterocycles. The molecule has 1 aromatic rings. The van der Waals surface area contributed by atoms with Gasteiger partial charge in [-0.05, 0) is 37.2 Å². The highest BCUT2D eigenvalue weighted by Crippen LogP contribution is 2.37. The summed E-state index contributed by atoms with van der Waals surface area (Å²) in [5, 5.41) is -0.229. The maximum Gasteiger partial charge on any atom is 0.293 e. The van der Waals surface area contributed by atoms with Crippen LogP contribution in [0.25, 0.3) is 6.08 Å². The van der Waals surface area contributed by atoms with Crippen LogP contribution in [0.4, 0.5) is 4.79 Å². The third-order valence-corrected chi connectivity index (χ3v) is 4.46. The summed E-state index contributed by atoms with van der Waals surface area (Å²) in [6.07, 6.45) is 2.41. The summed E-state index contributed by atoms with van der Waals surface area (Å²) in [5.74, 6) is 0.868. The Morgan fingerprint density at radius 2 is 2.00 bits per heavy atom. The van der Waals surface area contributed by atoms with Crippen molar-refractivity contribution in [2.45, 2.75) is 26.3 Å². The van der Waals surface area contributed by atoms with Gasteiger partial charge < -0.3 is 9.47 Å². The van der Waals surface area contributed by atoms with E-state index in [1.807, 2.05) is 26.0 Å². The molecule has 5 nitrogen and oxygen atoms in total. The van der Waals surface area contributed by atoms with E-state index in [0.717, 1.165) is 18.2 Å². The first-order chi connectivity index (χ1) is 10.5. The number of para-hydroxylation sites is 1. The number of imide groups is 1. The molecule has 0 radical (unpaired) electrons. The second-order valence-electron chi connectivity index (χ2n) is 4.89. The molecule has 1 saturated heterocycles. The molecule has 22 heavy (non-hydrogen) atoms. The van der Waals surface area contributed by atoms with E-state index in [4.69, 9.17) is 9.47 Å². The molecule has 0 saturated carbocycles. The third kappa shape index (κ3) is 2.97. The molecule has 1 aliphatic rings. The zero-order valence-electron chi connectivity index (χ0n) is 13.1. The molecule has 1 fully saturated rings. The molecule has 0 unspecified atom stereocenters. The maximum atomic E-state index is 12.4. The fourth-order valence-corrected chi connectivity index (χ4v) is 3.13. The van der Waals surface area contributed by atoms with Crippen molar-refractivity contribution in [3.05, 3.63) is 28.7 Å². The van der Waals surface area contributed by atoms with E-state index in [2.05, 4.69) is 0 Å². The van der Waals surface area contributed by atoms with E-state index in [1.165, 1.54) is 4.90 Å². The lowest BCUT2D eigenvalue weighted by Gasteiger charge is -2.19. The van der Waals surface area contributed by atoms with Crippen LogP contribution in [-0.4, -0.2) is 36.3 Å². The molecule has 1 atom stereocenters. The van der Waals surface area contributed by atoms with Gasteiger partial charge in [0.25, 0.3) is 11.1 Å². The molecule has 0 aliphatic carbocycles. The Balaban J connectivity index is 2.39. The number of carbonyl (C=O) groups is 2. The number of hydrogen-bond acceptors (Lipinski definition) is 5. The summed E-state index contributed by atoms with van der Waals surface area (Å²) in [4.78, 5) is 26.2. The predicted molar refractivity (Wildman–Crippen MR) is 87.1 cm³/mol. The number of carbonyl (C=O) groups excluding carboxylic acids is 2. The molecule has 2 rings (SSSR count). The first-order valence-corrected chi connectivity index (χ1v) is 7.83. The number of hydrogen-bond donors (Lipinski definition) is 0. The molecular formula is C16H19NO4S. The average molecular weight is 321 g/mol. The topological polar surface area (TPSA) is 55.8 Å². The SMILES string of the molecule is CC[C@H](C)N1C(=O)S/C(=C/c2cccc(OC)c2OC)C1=O. The minimum atomic E-state index is -0.255. The van der Waals surface area contributed by atoms with Gasteiger partial charge in [-0.2, -0.15) is 0 Å². The van der Waals surface area contributed by atoms with Crippen LogP contribution in [-0.2, 0) is 4.79 Å². The van der Waals surface area contributed by atoms with Gasteiger partial charge in [-0.25, -0.2) is 0 Å². The van der Waals surface area contributed by atoms with Crippen molar-refractivity contribution >= 4 is 29.0 Å². The fourth-order valence-electron chi connectivity index (χ4n) is 2.21. The lowest BCUT2D eigenvalue weighted by atomic mass is 10.1. The summed E-state index contributed by atoms with van der Waals surface area (Å²) in [5.41, 5.74) is 0.705. The third-order valence-electron chi connectivity index (χ3n) is 3.58. The highest BCUT2D eigenvalue weighted by atomic mass is 32.2. The molecule has 118 valence electrons. The molecule has 1 aromatic carbocycles. The Labute approximate surface area is 134 Å². The lowest BCUT2D eigenvalue weighted by Crippen LogP contribution is -2.36. The van der Waals surface area contributed by atoms with Crippen molar-refractivity contribution in [2.75, 3.05) is 14.2 Å². The first-order valence-electron chi connectivity index (χ1n) is 7.01. The number of benzene rings is 1. The van der Waals surface area contributed by atoms with E-state index < -0.39 is 0 Å². The van der Waals surface area contributed by atoms with Gasteiger partial charge in [-0.1, -0.05) is 19.1 Å². The quantitative estimate of drug-likeness (QED) is 0.776. The smallest absolute Gasteiger partial charge is 0.293 e. The molecule has 1 heterocycles. The standard InChI is InChI=1S/C16H19NO4S/c1-5-10(2)17-15(18)13(22-16(17)19)9-11-7-6-8-12(20-3)14(11)21-4/h6-10H,5H2,1-4H3/b13-9+/t10-/m0/s1. The number of ether oxygens (including phenoxy) is 2. The van der Waals surface area contributed by atoms with Crippen LogP contribution in [0.3, 0.4) is 0 Å². The zero-order valence-corrected chi connectivity index (χ0v) is 13.9. The lowest BCUT2D eigenvalue weighted by molar-refractivity contribution is -0.124. The Hall–Kier alpha value is -1.95. The molecule has 0 bridgehead atoms. The van der Waals surface area contributed by atoms with Crippen LogP contribution in [0.5, 0.6) is 11.5 Å². The highest BCUT2D eigenvalue weighted by Gasteiger charge is 2.37. The van der Waals surface area contributed by atoms with Crippen molar-refractivity contribution in [3.8, 4) is 11.5 Å². The van der Waals surface area contributed by atoms with Gasteiger partial charge >= 0.3 is 0 Å². The summed E-state index contributed by atoms with van der Waals surface area (Å²) in [7, 11) is 3.10. The van der Waals surface area contributed by atoms with Crippen LogP contribution < -0.4 is 9.47 Å². The molecule has 6 heteroatoms. The Morgan fingerprint density at radius 1 is 1.27 bits per heavy atom. The van der Waals surface area contributed by atoms with Gasteiger partial charge in [0, 0.05) is 11.6 Å². The number of nitrogens with zero attached hydrogens (tertiary/aromatic N) is 1. The van der Waals surface area contributed by atoms with E-state index in [0.29, 0.717) is 22.0 Å². The van der Waals surface area contributed by atoms with Crippen molar-refractivity contribution in [1.82, 2.24) is 4.90 Å². The van der Waals surface area contributed by atoms with Crippen LogP contribution in [0.2, 0.25) is 0 Å². The summed E-state index contributed by atoms with van der Waals surface area (Å²) >= 11 is 0.955. The normalized spacial score (nSPS) is 18.0. The predicted octanol–water partition coefficient (Wildman–Crippen LogP) is 3.54. The van der Waals surface area contributed by atoms with E-state index >= 15 is 0 Å². The van der Waals surface area contributed by atoms with Gasteiger partial charge in [0.15, 0.2) is 11.5 Å². The van der Waals surface area contributed by atoms with Gasteiger partial charge in [0.1, 0.15) is 0 Å². The second-order valence-corrected chi connectivity index (χ2v) is 5.88. The van der Waals surface area contributed by atoms with E-state index in [-0.39, 0.29) is 17.2 Å². The van der Waals surface area contributed by atoms with Crippen LogP contribution in [0.15, 0.2) is 23.1 Å². The van der Waals surface area contributed by atoms with Gasteiger partial charge in [0.05, 0.1) is 19.1 Å². The van der Waals surface area contributed by atoms with Crippen molar-refractivity contribution in [2.24, 2.45) is 0 Å². The zero-order chi connectivity index (χ0) is 16.3. The largest absolute Gasteiger partial charge is 0.493 e.